The summed E-state index contributed by atoms with van der Waals surface area (Å²) < 4.78 is 39.9. The molecule has 1 aromatic carbocycles. The van der Waals surface area contributed by atoms with Crippen molar-refractivity contribution >= 4 is 16.1 Å². The van der Waals surface area contributed by atoms with E-state index in [9.17, 15) is 13.2 Å². The lowest BCUT2D eigenvalue weighted by Crippen LogP contribution is -2.19. The number of carbonyl (C=O) groups excluding carboxylic acids is 1. The predicted octanol–water partition coefficient (Wildman–Crippen LogP) is 2.47. The summed E-state index contributed by atoms with van der Waals surface area (Å²) in [4.78, 5) is 11.4. The van der Waals surface area contributed by atoms with Gasteiger partial charge in [-0.1, -0.05) is 18.1 Å². The minimum Gasteiger partial charge on any atom is -0.426 e. The van der Waals surface area contributed by atoms with Crippen LogP contribution in [0.2, 0.25) is 0 Å². The summed E-state index contributed by atoms with van der Waals surface area (Å²) in [5, 5.41) is 3.61. The van der Waals surface area contributed by atoms with Gasteiger partial charge in [-0.05, 0) is 31.4 Å². The number of benzene rings is 1. The number of fused-ring (bicyclic) bond motifs is 1. The Kier molecular flexibility index (Phi) is 3.63. The first kappa shape index (κ1) is 15.5. The van der Waals surface area contributed by atoms with Crippen molar-refractivity contribution < 1.29 is 26.7 Å². The smallest absolute Gasteiger partial charge is 0.344 e. The van der Waals surface area contributed by atoms with Gasteiger partial charge in [0.15, 0.2) is 10.7 Å². The van der Waals surface area contributed by atoms with E-state index in [1.54, 1.807) is 6.07 Å². The molecule has 1 aromatic heterocycles. The molecule has 0 amide bonds. The second-order valence-corrected chi connectivity index (χ2v) is 6.95. The Bertz CT molecular complexity index is 864. The molecule has 2 aromatic rings. The van der Waals surface area contributed by atoms with E-state index in [4.69, 9.17) is 13.4 Å². The molecule has 3 rings (SSSR count). The number of carbonyl (C=O) groups is 1. The normalized spacial score (nSPS) is 17.5. The van der Waals surface area contributed by atoms with Gasteiger partial charge in [0.2, 0.25) is 0 Å². The van der Waals surface area contributed by atoms with Crippen molar-refractivity contribution in [3.8, 4) is 11.5 Å². The Morgan fingerprint density at radius 1 is 1.30 bits per heavy atom. The van der Waals surface area contributed by atoms with Gasteiger partial charge in [-0.25, -0.2) is 0 Å². The molecule has 1 atom stereocenters. The first-order valence-electron chi connectivity index (χ1n) is 7.00. The number of aryl methyl sites for hydroxylation is 2. The van der Waals surface area contributed by atoms with Crippen LogP contribution >= 0.6 is 0 Å². The van der Waals surface area contributed by atoms with Crippen LogP contribution in [0.15, 0.2) is 27.6 Å². The highest BCUT2D eigenvalue weighted by molar-refractivity contribution is 7.87. The number of hydrogen-bond donors (Lipinski definition) is 0. The van der Waals surface area contributed by atoms with Crippen molar-refractivity contribution in [2.75, 3.05) is 0 Å². The third-order valence-corrected chi connectivity index (χ3v) is 5.13. The van der Waals surface area contributed by atoms with Crippen molar-refractivity contribution in [2.45, 2.75) is 38.0 Å². The molecule has 0 bridgehead atoms. The highest BCUT2D eigenvalue weighted by Gasteiger charge is 2.28. The topological polar surface area (TPSA) is 95.7 Å². The molecule has 0 spiro atoms. The Morgan fingerprint density at radius 3 is 2.70 bits per heavy atom. The van der Waals surface area contributed by atoms with Crippen LogP contribution in [0.3, 0.4) is 0 Å². The Balaban J connectivity index is 1.95. The highest BCUT2D eigenvalue weighted by Crippen LogP contribution is 2.37. The molecule has 1 aliphatic rings. The largest absolute Gasteiger partial charge is 0.426 e. The minimum absolute atomic E-state index is 0.0134. The number of nitrogens with zero attached hydrogens (tertiary/aromatic N) is 1. The van der Waals surface area contributed by atoms with Crippen molar-refractivity contribution in [3.63, 3.8) is 0 Å². The fourth-order valence-corrected chi connectivity index (χ4v) is 3.81. The quantitative estimate of drug-likeness (QED) is 0.482. The van der Waals surface area contributed by atoms with Crippen molar-refractivity contribution in [1.82, 2.24) is 5.16 Å². The molecular formula is C15H15NO6S. The van der Waals surface area contributed by atoms with Crippen LogP contribution in [0.4, 0.5) is 0 Å². The lowest BCUT2D eigenvalue weighted by atomic mass is 9.95. The van der Waals surface area contributed by atoms with Gasteiger partial charge < -0.3 is 13.4 Å². The van der Waals surface area contributed by atoms with Crippen LogP contribution in [-0.4, -0.2) is 19.5 Å². The van der Waals surface area contributed by atoms with E-state index in [1.807, 2.05) is 6.92 Å². The number of esters is 1. The zero-order chi connectivity index (χ0) is 16.8. The van der Waals surface area contributed by atoms with E-state index >= 15 is 0 Å². The molecule has 0 aliphatic carbocycles. The fraction of sp³-hybridized carbons (Fsp3) is 0.333. The Morgan fingerprint density at radius 2 is 2.04 bits per heavy atom. The van der Waals surface area contributed by atoms with Gasteiger partial charge in [-0.15, -0.1) is 0 Å². The fourth-order valence-electron chi connectivity index (χ4n) is 2.59. The van der Waals surface area contributed by atoms with Gasteiger partial charge in [0.25, 0.3) is 0 Å². The zero-order valence-electron chi connectivity index (χ0n) is 12.8. The van der Waals surface area contributed by atoms with E-state index in [0.717, 1.165) is 5.56 Å². The minimum atomic E-state index is -4.08. The van der Waals surface area contributed by atoms with Crippen molar-refractivity contribution in [1.29, 1.82) is 0 Å². The summed E-state index contributed by atoms with van der Waals surface area (Å²) in [5.74, 6) is 0.196. The first-order valence-corrected chi connectivity index (χ1v) is 8.41. The number of rotatable bonds is 3. The van der Waals surface area contributed by atoms with Crippen LogP contribution in [0, 0.1) is 13.8 Å². The summed E-state index contributed by atoms with van der Waals surface area (Å²) in [6.07, 6.45) is 0.296. The molecule has 1 aliphatic heterocycles. The summed E-state index contributed by atoms with van der Waals surface area (Å²) in [6.45, 7) is 4.91. The monoisotopic (exact) mass is 337 g/mol. The maximum atomic E-state index is 12.4. The van der Waals surface area contributed by atoms with Gasteiger partial charge in [0.1, 0.15) is 17.2 Å². The molecule has 0 N–H and O–H groups in total. The van der Waals surface area contributed by atoms with E-state index in [2.05, 4.69) is 5.16 Å². The first-order chi connectivity index (χ1) is 10.8. The van der Waals surface area contributed by atoms with Crippen LogP contribution in [0.25, 0.3) is 0 Å². The molecule has 7 nitrogen and oxygen atoms in total. The Hall–Kier alpha value is -2.35. The standard InChI is InChI=1S/C15H15NO6S/c1-8-6-14(17)20-13-7-11(4-5-12(8)13)22-23(18,19)15-9(2)16-21-10(15)3/h4-5,7-8H,6H2,1-3H3. The lowest BCUT2D eigenvalue weighted by Gasteiger charge is -2.21. The van der Waals surface area contributed by atoms with E-state index in [-0.39, 0.29) is 34.0 Å². The predicted molar refractivity (Wildman–Crippen MR) is 78.9 cm³/mol. The summed E-state index contributed by atoms with van der Waals surface area (Å²) in [7, 11) is -4.08. The molecule has 0 radical (unpaired) electrons. The summed E-state index contributed by atoms with van der Waals surface area (Å²) >= 11 is 0. The molecule has 8 heteroatoms. The Labute approximate surface area is 133 Å². The summed E-state index contributed by atoms with van der Waals surface area (Å²) in [6, 6.07) is 4.63. The lowest BCUT2D eigenvalue weighted by molar-refractivity contribution is -0.135. The van der Waals surface area contributed by atoms with Crippen LogP contribution in [-0.2, 0) is 14.9 Å². The van der Waals surface area contributed by atoms with Gasteiger partial charge in [-0.2, -0.15) is 8.42 Å². The van der Waals surface area contributed by atoms with Crippen LogP contribution in [0.1, 0.15) is 36.3 Å². The van der Waals surface area contributed by atoms with Gasteiger partial charge in [0.05, 0.1) is 6.42 Å². The van der Waals surface area contributed by atoms with E-state index in [1.165, 1.54) is 26.0 Å². The molecule has 0 fully saturated rings. The average molecular weight is 337 g/mol. The molecular weight excluding hydrogens is 322 g/mol. The second-order valence-electron chi connectivity index (χ2n) is 5.47. The van der Waals surface area contributed by atoms with E-state index in [0.29, 0.717) is 12.2 Å². The highest BCUT2D eigenvalue weighted by atomic mass is 32.2. The average Bonchev–Trinajstić information content (AvgIpc) is 2.77. The van der Waals surface area contributed by atoms with Crippen molar-refractivity contribution in [2.24, 2.45) is 0 Å². The van der Waals surface area contributed by atoms with Crippen LogP contribution < -0.4 is 8.92 Å². The zero-order valence-corrected chi connectivity index (χ0v) is 13.6. The number of ether oxygens (including phenoxy) is 1. The molecule has 122 valence electrons. The van der Waals surface area contributed by atoms with Gasteiger partial charge in [-0.3, -0.25) is 4.79 Å². The van der Waals surface area contributed by atoms with Crippen LogP contribution in [0.5, 0.6) is 11.5 Å². The SMILES string of the molecule is Cc1noc(C)c1S(=O)(=O)Oc1ccc2c(c1)OC(=O)CC2C. The molecule has 1 unspecified atom stereocenters. The third kappa shape index (κ3) is 2.81. The number of aromatic nitrogens is 1. The summed E-state index contributed by atoms with van der Waals surface area (Å²) in [5.41, 5.74) is 1.06. The maximum absolute atomic E-state index is 12.4. The number of hydrogen-bond acceptors (Lipinski definition) is 7. The van der Waals surface area contributed by atoms with E-state index < -0.39 is 10.1 Å². The van der Waals surface area contributed by atoms with Gasteiger partial charge >= 0.3 is 16.1 Å². The van der Waals surface area contributed by atoms with Crippen molar-refractivity contribution in [3.05, 3.63) is 35.2 Å². The molecule has 23 heavy (non-hydrogen) atoms. The second kappa shape index (κ2) is 5.38. The van der Waals surface area contributed by atoms with Gasteiger partial charge in [0, 0.05) is 6.07 Å². The molecule has 0 saturated carbocycles. The molecule has 0 saturated heterocycles. The molecule has 2 heterocycles. The third-order valence-electron chi connectivity index (χ3n) is 3.64. The maximum Gasteiger partial charge on any atom is 0.344 e.